The van der Waals surface area contributed by atoms with E-state index in [2.05, 4.69) is 16.5 Å². The molecule has 0 spiro atoms. The van der Waals surface area contributed by atoms with Gasteiger partial charge in [0.15, 0.2) is 0 Å². The number of fused-ring (bicyclic) bond motifs is 1. The lowest BCUT2D eigenvalue weighted by molar-refractivity contribution is -0.116. The summed E-state index contributed by atoms with van der Waals surface area (Å²) in [6, 6.07) is 6.21. The third kappa shape index (κ3) is 3.54. The summed E-state index contributed by atoms with van der Waals surface area (Å²) in [5.41, 5.74) is 6.54. The molecule has 2 heterocycles. The van der Waals surface area contributed by atoms with Gasteiger partial charge >= 0.3 is 0 Å². The Morgan fingerprint density at radius 3 is 2.88 bits per heavy atom. The number of nitrogens with zero attached hydrogens (tertiary/aromatic N) is 3. The number of aryl methyl sites for hydroxylation is 2. The molecule has 0 atom stereocenters. The van der Waals surface area contributed by atoms with Crippen molar-refractivity contribution in [2.45, 2.75) is 46.7 Å². The van der Waals surface area contributed by atoms with E-state index in [0.29, 0.717) is 13.1 Å². The van der Waals surface area contributed by atoms with Gasteiger partial charge in [0.05, 0.1) is 18.8 Å². The molecule has 0 fully saturated rings. The van der Waals surface area contributed by atoms with Gasteiger partial charge in [-0.05, 0) is 50.5 Å². The van der Waals surface area contributed by atoms with E-state index in [9.17, 15) is 4.79 Å². The van der Waals surface area contributed by atoms with Crippen LogP contribution in [-0.2, 0) is 24.3 Å². The molecule has 3 rings (SSSR count). The standard InChI is InChI=1S/C19H26N4O2/c1-13-18(14(2)23(21-13)9-10-24)12-20-17-6-7-19-16(11-17)5-4-8-22(19)15(3)25/h6-7,11,20,24H,4-5,8-10,12H2,1-3H3. The monoisotopic (exact) mass is 342 g/mol. The van der Waals surface area contributed by atoms with Crippen LogP contribution in [-0.4, -0.2) is 33.9 Å². The van der Waals surface area contributed by atoms with Crippen molar-refractivity contribution in [3.05, 3.63) is 40.7 Å². The lowest BCUT2D eigenvalue weighted by Gasteiger charge is -2.29. The van der Waals surface area contributed by atoms with E-state index in [-0.39, 0.29) is 12.5 Å². The summed E-state index contributed by atoms with van der Waals surface area (Å²) in [4.78, 5) is 13.6. The smallest absolute Gasteiger partial charge is 0.223 e. The van der Waals surface area contributed by atoms with Crippen molar-refractivity contribution in [2.75, 3.05) is 23.4 Å². The summed E-state index contributed by atoms with van der Waals surface area (Å²) in [5, 5.41) is 17.1. The number of aliphatic hydroxyl groups excluding tert-OH is 1. The molecule has 0 saturated carbocycles. The zero-order valence-corrected chi connectivity index (χ0v) is 15.2. The molecule has 1 aliphatic rings. The van der Waals surface area contributed by atoms with Gasteiger partial charge in [0.25, 0.3) is 0 Å². The van der Waals surface area contributed by atoms with Gasteiger partial charge in [0.1, 0.15) is 0 Å². The first kappa shape index (κ1) is 17.5. The van der Waals surface area contributed by atoms with Gasteiger partial charge < -0.3 is 15.3 Å². The summed E-state index contributed by atoms with van der Waals surface area (Å²) in [6.45, 7) is 7.76. The molecule has 0 saturated heterocycles. The molecule has 0 bridgehead atoms. The summed E-state index contributed by atoms with van der Waals surface area (Å²) in [7, 11) is 0. The molecule has 0 aliphatic carbocycles. The first-order valence-corrected chi connectivity index (χ1v) is 8.80. The number of benzene rings is 1. The molecule has 2 N–H and O–H groups in total. The van der Waals surface area contributed by atoms with Crippen molar-refractivity contribution in [1.82, 2.24) is 9.78 Å². The SMILES string of the molecule is CC(=O)N1CCCc2cc(NCc3c(C)nn(CCO)c3C)ccc21. The number of amides is 1. The van der Waals surface area contributed by atoms with E-state index in [4.69, 9.17) is 5.11 Å². The Bertz CT molecular complexity index is 782. The van der Waals surface area contributed by atoms with Crippen LogP contribution in [0.4, 0.5) is 11.4 Å². The fourth-order valence-electron chi connectivity index (χ4n) is 3.53. The second-order valence-corrected chi connectivity index (χ2v) is 6.57. The highest BCUT2D eigenvalue weighted by molar-refractivity contribution is 5.93. The maximum absolute atomic E-state index is 11.8. The third-order valence-electron chi connectivity index (χ3n) is 4.89. The van der Waals surface area contributed by atoms with Crippen molar-refractivity contribution in [2.24, 2.45) is 0 Å². The van der Waals surface area contributed by atoms with Gasteiger partial charge in [0.2, 0.25) is 5.91 Å². The largest absolute Gasteiger partial charge is 0.394 e. The van der Waals surface area contributed by atoms with E-state index in [1.165, 1.54) is 5.56 Å². The van der Waals surface area contributed by atoms with Crippen molar-refractivity contribution in [1.29, 1.82) is 0 Å². The minimum Gasteiger partial charge on any atom is -0.394 e. The van der Waals surface area contributed by atoms with Crippen molar-refractivity contribution < 1.29 is 9.90 Å². The molecule has 2 aromatic rings. The molecular formula is C19H26N4O2. The first-order valence-electron chi connectivity index (χ1n) is 8.80. The van der Waals surface area contributed by atoms with Gasteiger partial charge in [-0.15, -0.1) is 0 Å². The van der Waals surface area contributed by atoms with Crippen LogP contribution >= 0.6 is 0 Å². The zero-order valence-electron chi connectivity index (χ0n) is 15.2. The predicted molar refractivity (Wildman–Crippen MR) is 98.9 cm³/mol. The first-order chi connectivity index (χ1) is 12.0. The maximum Gasteiger partial charge on any atom is 0.223 e. The topological polar surface area (TPSA) is 70.4 Å². The fourth-order valence-corrected chi connectivity index (χ4v) is 3.53. The molecular weight excluding hydrogens is 316 g/mol. The summed E-state index contributed by atoms with van der Waals surface area (Å²) in [6.07, 6.45) is 2.00. The van der Waals surface area contributed by atoms with E-state index in [1.807, 2.05) is 35.6 Å². The minimum absolute atomic E-state index is 0.0896. The quantitative estimate of drug-likeness (QED) is 0.875. The summed E-state index contributed by atoms with van der Waals surface area (Å²) >= 11 is 0. The fraction of sp³-hybridized carbons (Fsp3) is 0.474. The Labute approximate surface area is 148 Å². The van der Waals surface area contributed by atoms with Crippen LogP contribution in [0.15, 0.2) is 18.2 Å². The number of carbonyl (C=O) groups excluding carboxylic acids is 1. The second-order valence-electron chi connectivity index (χ2n) is 6.57. The Balaban J connectivity index is 1.76. The van der Waals surface area contributed by atoms with Crippen LogP contribution in [0.25, 0.3) is 0 Å². The highest BCUT2D eigenvalue weighted by Crippen LogP contribution is 2.30. The normalized spacial score (nSPS) is 13.7. The van der Waals surface area contributed by atoms with Crippen LogP contribution in [0.1, 0.15) is 35.9 Å². The van der Waals surface area contributed by atoms with Crippen LogP contribution in [0, 0.1) is 13.8 Å². The summed E-state index contributed by atoms with van der Waals surface area (Å²) < 4.78 is 1.85. The molecule has 1 aromatic carbocycles. The van der Waals surface area contributed by atoms with Crippen molar-refractivity contribution in [3.63, 3.8) is 0 Å². The number of rotatable bonds is 5. The Kier molecular flexibility index (Phi) is 5.08. The molecule has 6 heteroatoms. The molecule has 1 amide bonds. The van der Waals surface area contributed by atoms with E-state index < -0.39 is 0 Å². The van der Waals surface area contributed by atoms with Gasteiger partial charge in [-0.3, -0.25) is 9.48 Å². The molecule has 1 aromatic heterocycles. The van der Waals surface area contributed by atoms with E-state index in [0.717, 1.165) is 47.7 Å². The van der Waals surface area contributed by atoms with Crippen molar-refractivity contribution in [3.8, 4) is 0 Å². The average Bonchev–Trinajstić information content (AvgIpc) is 2.86. The maximum atomic E-state index is 11.8. The molecule has 134 valence electrons. The Morgan fingerprint density at radius 2 is 2.16 bits per heavy atom. The summed E-state index contributed by atoms with van der Waals surface area (Å²) in [5.74, 6) is 0.101. The van der Waals surface area contributed by atoms with Gasteiger partial charge in [-0.1, -0.05) is 0 Å². The lowest BCUT2D eigenvalue weighted by Crippen LogP contribution is -2.33. The number of aromatic nitrogens is 2. The number of hydrogen-bond acceptors (Lipinski definition) is 4. The van der Waals surface area contributed by atoms with E-state index >= 15 is 0 Å². The minimum atomic E-state index is 0.0896. The van der Waals surface area contributed by atoms with Crippen LogP contribution in [0.2, 0.25) is 0 Å². The molecule has 0 radical (unpaired) electrons. The predicted octanol–water partition coefficient (Wildman–Crippen LogP) is 2.40. The van der Waals surface area contributed by atoms with Gasteiger partial charge in [-0.25, -0.2) is 0 Å². The van der Waals surface area contributed by atoms with Crippen LogP contribution < -0.4 is 10.2 Å². The number of carbonyl (C=O) groups is 1. The van der Waals surface area contributed by atoms with Crippen LogP contribution in [0.3, 0.4) is 0 Å². The third-order valence-corrected chi connectivity index (χ3v) is 4.89. The zero-order chi connectivity index (χ0) is 18.0. The molecule has 1 aliphatic heterocycles. The van der Waals surface area contributed by atoms with Gasteiger partial charge in [0, 0.05) is 42.6 Å². The van der Waals surface area contributed by atoms with E-state index in [1.54, 1.807) is 6.92 Å². The van der Waals surface area contributed by atoms with Gasteiger partial charge in [-0.2, -0.15) is 5.10 Å². The highest BCUT2D eigenvalue weighted by Gasteiger charge is 2.20. The number of aliphatic hydroxyl groups is 1. The molecule has 0 unspecified atom stereocenters. The molecule has 25 heavy (non-hydrogen) atoms. The Morgan fingerprint density at radius 1 is 1.36 bits per heavy atom. The number of nitrogens with one attached hydrogen (secondary N) is 1. The second kappa shape index (κ2) is 7.27. The lowest BCUT2D eigenvalue weighted by atomic mass is 10.0. The molecule has 6 nitrogen and oxygen atoms in total. The average molecular weight is 342 g/mol. The van der Waals surface area contributed by atoms with Crippen molar-refractivity contribution >= 4 is 17.3 Å². The Hall–Kier alpha value is -2.34. The number of hydrogen-bond donors (Lipinski definition) is 2. The number of anilines is 2. The highest BCUT2D eigenvalue weighted by atomic mass is 16.3. The van der Waals surface area contributed by atoms with Crippen LogP contribution in [0.5, 0.6) is 0 Å².